The third kappa shape index (κ3) is 4.84. The van der Waals surface area contributed by atoms with E-state index in [0.29, 0.717) is 5.96 Å². The molecule has 94 valence electrons. The molecule has 0 bridgehead atoms. The first-order valence-electron chi connectivity index (χ1n) is 6.40. The van der Waals surface area contributed by atoms with Crippen LogP contribution < -0.4 is 11.1 Å². The van der Waals surface area contributed by atoms with Gasteiger partial charge in [0, 0.05) is 19.6 Å². The Morgan fingerprint density at radius 1 is 1.38 bits per heavy atom. The molecule has 0 aromatic carbocycles. The van der Waals surface area contributed by atoms with E-state index < -0.39 is 0 Å². The fourth-order valence-corrected chi connectivity index (χ4v) is 2.33. The fourth-order valence-electron chi connectivity index (χ4n) is 2.33. The number of nitrogens with zero attached hydrogens (tertiary/aromatic N) is 2. The minimum Gasteiger partial charge on any atom is -0.370 e. The number of rotatable bonds is 5. The molecule has 0 unspecified atom stereocenters. The van der Waals surface area contributed by atoms with Crippen LogP contribution in [0.5, 0.6) is 0 Å². The summed E-state index contributed by atoms with van der Waals surface area (Å²) in [6.07, 6.45) is 8.12. The van der Waals surface area contributed by atoms with Crippen LogP contribution in [0.15, 0.2) is 4.99 Å². The van der Waals surface area contributed by atoms with E-state index in [1.54, 1.807) is 7.05 Å². The summed E-state index contributed by atoms with van der Waals surface area (Å²) in [5, 5.41) is 3.09. The van der Waals surface area contributed by atoms with Gasteiger partial charge in [0.05, 0.1) is 0 Å². The summed E-state index contributed by atoms with van der Waals surface area (Å²) in [5.41, 5.74) is 5.56. The number of nitrogens with one attached hydrogen (secondary N) is 1. The van der Waals surface area contributed by atoms with Gasteiger partial charge in [0.2, 0.25) is 0 Å². The van der Waals surface area contributed by atoms with E-state index in [0.717, 1.165) is 25.6 Å². The van der Waals surface area contributed by atoms with Gasteiger partial charge in [0.1, 0.15) is 0 Å². The Bertz CT molecular complexity index is 209. The minimum absolute atomic E-state index is 0.542. The zero-order valence-electron chi connectivity index (χ0n) is 10.7. The van der Waals surface area contributed by atoms with Crippen molar-refractivity contribution in [3.8, 4) is 0 Å². The van der Waals surface area contributed by atoms with Crippen molar-refractivity contribution in [1.82, 2.24) is 10.2 Å². The van der Waals surface area contributed by atoms with Crippen LogP contribution in [0.25, 0.3) is 0 Å². The van der Waals surface area contributed by atoms with E-state index in [1.165, 1.54) is 32.1 Å². The second-order valence-corrected chi connectivity index (χ2v) is 4.66. The first kappa shape index (κ1) is 13.3. The molecule has 0 saturated heterocycles. The van der Waals surface area contributed by atoms with Gasteiger partial charge in [-0.2, -0.15) is 0 Å². The van der Waals surface area contributed by atoms with Crippen LogP contribution in [0.1, 0.15) is 38.5 Å². The van der Waals surface area contributed by atoms with E-state index in [9.17, 15) is 0 Å². The second kappa shape index (κ2) is 7.49. The maximum absolute atomic E-state index is 5.56. The number of hydrogen-bond donors (Lipinski definition) is 2. The summed E-state index contributed by atoms with van der Waals surface area (Å²) < 4.78 is 0. The number of guanidine groups is 1. The highest BCUT2D eigenvalue weighted by molar-refractivity contribution is 5.77. The van der Waals surface area contributed by atoms with Crippen LogP contribution in [0.4, 0.5) is 0 Å². The van der Waals surface area contributed by atoms with E-state index in [-0.39, 0.29) is 0 Å². The number of nitrogens with two attached hydrogens (primary N) is 1. The molecular formula is C12H26N4. The van der Waals surface area contributed by atoms with Crippen molar-refractivity contribution in [2.45, 2.75) is 44.6 Å². The molecule has 1 fully saturated rings. The summed E-state index contributed by atoms with van der Waals surface area (Å²) in [7, 11) is 3.95. The van der Waals surface area contributed by atoms with Crippen LogP contribution in [-0.2, 0) is 0 Å². The molecule has 4 nitrogen and oxygen atoms in total. The van der Waals surface area contributed by atoms with Crippen molar-refractivity contribution < 1.29 is 0 Å². The van der Waals surface area contributed by atoms with Gasteiger partial charge in [-0.15, -0.1) is 0 Å². The molecule has 0 atom stereocenters. The molecule has 0 aromatic heterocycles. The highest BCUT2D eigenvalue weighted by Crippen LogP contribution is 2.21. The van der Waals surface area contributed by atoms with Crippen LogP contribution >= 0.6 is 0 Å². The van der Waals surface area contributed by atoms with Gasteiger partial charge < -0.3 is 16.0 Å². The van der Waals surface area contributed by atoms with Crippen molar-refractivity contribution in [2.24, 2.45) is 10.7 Å². The molecule has 1 saturated carbocycles. The Morgan fingerprint density at radius 3 is 2.69 bits per heavy atom. The van der Waals surface area contributed by atoms with E-state index in [2.05, 4.69) is 22.3 Å². The molecule has 16 heavy (non-hydrogen) atoms. The summed E-state index contributed by atoms with van der Waals surface area (Å²) in [4.78, 5) is 6.36. The molecule has 0 aliphatic heterocycles. The highest BCUT2D eigenvalue weighted by Gasteiger charge is 2.16. The van der Waals surface area contributed by atoms with Crippen LogP contribution in [0.2, 0.25) is 0 Å². The second-order valence-electron chi connectivity index (χ2n) is 4.66. The molecule has 3 N–H and O–H groups in total. The first-order valence-corrected chi connectivity index (χ1v) is 6.40. The largest absolute Gasteiger partial charge is 0.370 e. The average Bonchev–Trinajstić information content (AvgIpc) is 2.35. The Morgan fingerprint density at radius 2 is 2.06 bits per heavy atom. The predicted molar refractivity (Wildman–Crippen MR) is 69.7 cm³/mol. The van der Waals surface area contributed by atoms with Crippen LogP contribution in [-0.4, -0.2) is 44.1 Å². The van der Waals surface area contributed by atoms with Crippen molar-refractivity contribution in [3.05, 3.63) is 0 Å². The molecule has 1 aliphatic rings. The first-order chi connectivity index (χ1) is 7.74. The Labute approximate surface area is 99.3 Å². The molecule has 1 aliphatic carbocycles. The molecule has 4 heteroatoms. The monoisotopic (exact) mass is 226 g/mol. The summed E-state index contributed by atoms with van der Waals surface area (Å²) in [6, 6.07) is 0.811. The highest BCUT2D eigenvalue weighted by atomic mass is 15.1. The maximum Gasteiger partial charge on any atom is 0.188 e. The third-order valence-corrected chi connectivity index (χ3v) is 3.43. The molecule has 0 aromatic rings. The van der Waals surface area contributed by atoms with Gasteiger partial charge in [-0.25, -0.2) is 0 Å². The van der Waals surface area contributed by atoms with Crippen LogP contribution in [0, 0.1) is 0 Å². The summed E-state index contributed by atoms with van der Waals surface area (Å²) in [5.74, 6) is 0.542. The van der Waals surface area contributed by atoms with Crippen molar-refractivity contribution in [1.29, 1.82) is 0 Å². The zero-order chi connectivity index (χ0) is 11.8. The topological polar surface area (TPSA) is 53.6 Å². The summed E-state index contributed by atoms with van der Waals surface area (Å²) in [6.45, 7) is 2.06. The SMILES string of the molecule is CN=C(N)NCCCN(C)C1CCCCC1. The Hall–Kier alpha value is -0.770. The smallest absolute Gasteiger partial charge is 0.188 e. The van der Waals surface area contributed by atoms with Gasteiger partial charge in [0.25, 0.3) is 0 Å². The normalized spacial score (nSPS) is 19.1. The molecule has 0 spiro atoms. The quantitative estimate of drug-likeness (QED) is 0.420. The lowest BCUT2D eigenvalue weighted by molar-refractivity contribution is 0.190. The number of hydrogen-bond acceptors (Lipinski definition) is 2. The summed E-state index contributed by atoms with van der Waals surface area (Å²) >= 11 is 0. The lowest BCUT2D eigenvalue weighted by atomic mass is 9.94. The molecule has 0 heterocycles. The molecular weight excluding hydrogens is 200 g/mol. The number of aliphatic imine (C=N–C) groups is 1. The van der Waals surface area contributed by atoms with E-state index in [4.69, 9.17) is 5.73 Å². The predicted octanol–water partition coefficient (Wildman–Crippen LogP) is 1.18. The van der Waals surface area contributed by atoms with Gasteiger partial charge in [0.15, 0.2) is 5.96 Å². The standard InChI is InChI=1S/C12H26N4/c1-14-12(13)15-9-6-10-16(2)11-7-4-3-5-8-11/h11H,3-10H2,1-2H3,(H3,13,14,15). The van der Waals surface area contributed by atoms with Crippen molar-refractivity contribution in [2.75, 3.05) is 27.2 Å². The third-order valence-electron chi connectivity index (χ3n) is 3.43. The molecule has 0 radical (unpaired) electrons. The Kier molecular flexibility index (Phi) is 6.23. The van der Waals surface area contributed by atoms with Gasteiger partial charge in [-0.05, 0) is 32.9 Å². The van der Waals surface area contributed by atoms with E-state index >= 15 is 0 Å². The van der Waals surface area contributed by atoms with Crippen molar-refractivity contribution >= 4 is 5.96 Å². The lowest BCUT2D eigenvalue weighted by Gasteiger charge is -2.31. The van der Waals surface area contributed by atoms with Crippen LogP contribution in [0.3, 0.4) is 0 Å². The minimum atomic E-state index is 0.542. The zero-order valence-corrected chi connectivity index (χ0v) is 10.7. The lowest BCUT2D eigenvalue weighted by Crippen LogP contribution is -2.37. The van der Waals surface area contributed by atoms with Crippen molar-refractivity contribution in [3.63, 3.8) is 0 Å². The van der Waals surface area contributed by atoms with Gasteiger partial charge in [-0.1, -0.05) is 19.3 Å². The van der Waals surface area contributed by atoms with Gasteiger partial charge in [-0.3, -0.25) is 4.99 Å². The van der Waals surface area contributed by atoms with E-state index in [1.807, 2.05) is 0 Å². The fraction of sp³-hybridized carbons (Fsp3) is 0.917. The van der Waals surface area contributed by atoms with Gasteiger partial charge >= 0.3 is 0 Å². The maximum atomic E-state index is 5.56. The molecule has 1 rings (SSSR count). The average molecular weight is 226 g/mol. The molecule has 0 amide bonds. The Balaban J connectivity index is 2.07.